The number of nitrogens with two attached hydrogens (primary N) is 1. The predicted octanol–water partition coefficient (Wildman–Crippen LogP) is 2.22. The zero-order valence-electron chi connectivity index (χ0n) is 11.6. The average Bonchev–Trinajstić information content (AvgIpc) is 3.14. The molecule has 22 heavy (non-hydrogen) atoms. The minimum Gasteiger partial charge on any atom is -0.451 e. The summed E-state index contributed by atoms with van der Waals surface area (Å²) in [6, 6.07) is 10.0. The van der Waals surface area contributed by atoms with Gasteiger partial charge in [-0.05, 0) is 24.3 Å². The van der Waals surface area contributed by atoms with E-state index in [2.05, 4.69) is 4.98 Å². The molecule has 0 fully saturated rings. The van der Waals surface area contributed by atoms with Crippen molar-refractivity contribution in [2.75, 3.05) is 11.4 Å². The van der Waals surface area contributed by atoms with Gasteiger partial charge in [-0.15, -0.1) is 0 Å². The molecule has 0 spiro atoms. The molecular weight excluding hydrogens is 322 g/mol. The first-order valence-electron chi connectivity index (χ1n) is 6.35. The van der Waals surface area contributed by atoms with Crippen molar-refractivity contribution in [3.8, 4) is 0 Å². The molecule has 2 heterocycles. The van der Waals surface area contributed by atoms with Crippen LogP contribution in [0.5, 0.6) is 0 Å². The minimum atomic E-state index is -3.77. The molecule has 0 saturated heterocycles. The molecular formula is C14H13N3O3S2. The fraction of sp³-hybridized carbons (Fsp3) is 0.0714. The van der Waals surface area contributed by atoms with Crippen molar-refractivity contribution in [3.63, 3.8) is 0 Å². The highest BCUT2D eigenvalue weighted by Crippen LogP contribution is 2.30. The van der Waals surface area contributed by atoms with E-state index < -0.39 is 10.0 Å². The van der Waals surface area contributed by atoms with Gasteiger partial charge in [-0.25, -0.2) is 0 Å². The average molecular weight is 335 g/mol. The lowest BCUT2D eigenvalue weighted by atomic mass is 10.2. The van der Waals surface area contributed by atoms with Gasteiger partial charge in [0.15, 0.2) is 0 Å². The number of sulfonamides is 1. The Kier molecular flexibility index (Phi) is 3.42. The molecule has 8 heteroatoms. The minimum absolute atomic E-state index is 0.117. The summed E-state index contributed by atoms with van der Waals surface area (Å²) in [6.07, 6.45) is 1.32. The first kappa shape index (κ1) is 14.6. The summed E-state index contributed by atoms with van der Waals surface area (Å²) in [5, 5.41) is 0.704. The number of nitrogens with one attached hydrogen (secondary N) is 1. The summed E-state index contributed by atoms with van der Waals surface area (Å²) >= 11 is 4.95. The fourth-order valence-corrected chi connectivity index (χ4v) is 3.43. The Bertz CT molecular complexity index is 943. The number of para-hydroxylation sites is 1. The normalized spacial score (nSPS) is 11.7. The van der Waals surface area contributed by atoms with E-state index in [1.54, 1.807) is 18.2 Å². The number of rotatable bonds is 4. The molecule has 0 amide bonds. The Balaban J connectivity index is 2.16. The molecule has 0 aliphatic carbocycles. The third-order valence-corrected chi connectivity index (χ3v) is 5.23. The van der Waals surface area contributed by atoms with Crippen LogP contribution in [0, 0.1) is 0 Å². The van der Waals surface area contributed by atoms with Crippen LogP contribution in [-0.4, -0.2) is 25.4 Å². The highest BCUT2D eigenvalue weighted by atomic mass is 32.2. The summed E-state index contributed by atoms with van der Waals surface area (Å²) in [7, 11) is -2.30. The van der Waals surface area contributed by atoms with Crippen molar-refractivity contribution in [2.45, 2.75) is 5.09 Å². The zero-order chi connectivity index (χ0) is 15.9. The molecule has 0 atom stereocenters. The number of aromatic amines is 1. The second-order valence-corrected chi connectivity index (χ2v) is 7.03. The van der Waals surface area contributed by atoms with Crippen LogP contribution in [0.1, 0.15) is 5.69 Å². The monoisotopic (exact) mass is 335 g/mol. The van der Waals surface area contributed by atoms with Gasteiger partial charge in [0.05, 0.1) is 23.2 Å². The van der Waals surface area contributed by atoms with E-state index in [-0.39, 0.29) is 10.1 Å². The van der Waals surface area contributed by atoms with Gasteiger partial charge < -0.3 is 15.1 Å². The number of hydrogen-bond donors (Lipinski definition) is 2. The van der Waals surface area contributed by atoms with Crippen LogP contribution >= 0.6 is 12.2 Å². The quantitative estimate of drug-likeness (QED) is 0.713. The van der Waals surface area contributed by atoms with Crippen molar-refractivity contribution >= 4 is 43.8 Å². The van der Waals surface area contributed by atoms with Crippen molar-refractivity contribution < 1.29 is 12.8 Å². The van der Waals surface area contributed by atoms with Gasteiger partial charge in [0.1, 0.15) is 4.99 Å². The first-order chi connectivity index (χ1) is 10.4. The van der Waals surface area contributed by atoms with Gasteiger partial charge in [0.25, 0.3) is 10.0 Å². The molecule has 0 saturated carbocycles. The summed E-state index contributed by atoms with van der Waals surface area (Å²) in [6.45, 7) is 0. The largest absolute Gasteiger partial charge is 0.451 e. The Morgan fingerprint density at radius 2 is 2.09 bits per heavy atom. The summed E-state index contributed by atoms with van der Waals surface area (Å²) in [4.78, 5) is 3.28. The van der Waals surface area contributed by atoms with Crippen LogP contribution < -0.4 is 10.0 Å². The van der Waals surface area contributed by atoms with Gasteiger partial charge in [-0.1, -0.05) is 24.4 Å². The van der Waals surface area contributed by atoms with Crippen molar-refractivity contribution in [3.05, 3.63) is 48.4 Å². The van der Waals surface area contributed by atoms with E-state index in [1.165, 1.54) is 25.4 Å². The molecule has 0 bridgehead atoms. The third-order valence-electron chi connectivity index (χ3n) is 3.35. The lowest BCUT2D eigenvalue weighted by molar-refractivity contribution is 0.449. The number of thiocarbonyl (C=S) groups is 1. The molecule has 1 aromatic carbocycles. The Labute approximate surface area is 132 Å². The van der Waals surface area contributed by atoms with E-state index in [0.717, 1.165) is 9.69 Å². The van der Waals surface area contributed by atoms with E-state index in [9.17, 15) is 8.42 Å². The maximum absolute atomic E-state index is 12.5. The number of aromatic nitrogens is 1. The molecule has 6 nitrogen and oxygen atoms in total. The number of nitrogens with zero attached hydrogens (tertiary/aromatic N) is 1. The Hall–Kier alpha value is -2.32. The number of anilines is 1. The maximum atomic E-state index is 12.5. The molecule has 3 aromatic rings. The van der Waals surface area contributed by atoms with Crippen LogP contribution in [0.4, 0.5) is 5.69 Å². The van der Waals surface area contributed by atoms with Crippen LogP contribution in [0.15, 0.2) is 52.2 Å². The van der Waals surface area contributed by atoms with Gasteiger partial charge >= 0.3 is 0 Å². The summed E-state index contributed by atoms with van der Waals surface area (Å²) in [5.41, 5.74) is 7.33. The second-order valence-electron chi connectivity index (χ2n) is 4.69. The van der Waals surface area contributed by atoms with Gasteiger partial charge in [-0.3, -0.25) is 4.31 Å². The van der Waals surface area contributed by atoms with Crippen LogP contribution in [0.3, 0.4) is 0 Å². The summed E-state index contributed by atoms with van der Waals surface area (Å²) in [5.74, 6) is 0. The molecule has 0 aliphatic rings. The maximum Gasteiger partial charge on any atom is 0.297 e. The molecule has 0 aliphatic heterocycles. The van der Waals surface area contributed by atoms with Gasteiger partial charge in [-0.2, -0.15) is 8.42 Å². The molecule has 114 valence electrons. The zero-order valence-corrected chi connectivity index (χ0v) is 13.2. The first-order valence-corrected chi connectivity index (χ1v) is 8.20. The third kappa shape index (κ3) is 2.26. The lowest BCUT2D eigenvalue weighted by Crippen LogP contribution is -2.26. The van der Waals surface area contributed by atoms with E-state index in [4.69, 9.17) is 22.4 Å². The van der Waals surface area contributed by atoms with E-state index in [0.29, 0.717) is 16.9 Å². The smallest absolute Gasteiger partial charge is 0.297 e. The Morgan fingerprint density at radius 1 is 1.32 bits per heavy atom. The molecule has 3 N–H and O–H groups in total. The number of furan rings is 1. The van der Waals surface area contributed by atoms with Crippen molar-refractivity contribution in [2.24, 2.45) is 5.73 Å². The molecule has 3 rings (SSSR count). The standard InChI is InChI=1S/C14H13N3O3S2/c1-17(22(18,19)12-6-3-7-20-12)11-5-2-4-9-8-10(14(15)21)16-13(9)11/h2-8,16H,1H3,(H2,15,21). The predicted molar refractivity (Wildman–Crippen MR) is 88.5 cm³/mol. The molecule has 2 aromatic heterocycles. The summed E-state index contributed by atoms with van der Waals surface area (Å²) < 4.78 is 31.3. The van der Waals surface area contributed by atoms with E-state index in [1.807, 2.05) is 6.07 Å². The SMILES string of the molecule is CN(c1cccc2cc(C(N)=S)[nH]c12)S(=O)(=O)c1ccco1. The number of H-pyrrole nitrogens is 1. The number of hydrogen-bond acceptors (Lipinski definition) is 4. The fourth-order valence-electron chi connectivity index (χ4n) is 2.21. The lowest BCUT2D eigenvalue weighted by Gasteiger charge is -2.18. The van der Waals surface area contributed by atoms with Crippen LogP contribution in [-0.2, 0) is 10.0 Å². The topological polar surface area (TPSA) is 92.3 Å². The highest BCUT2D eigenvalue weighted by Gasteiger charge is 2.25. The van der Waals surface area contributed by atoms with Crippen LogP contribution in [0.25, 0.3) is 10.9 Å². The number of benzene rings is 1. The second kappa shape index (κ2) is 5.15. The number of fused-ring (bicyclic) bond motifs is 1. The van der Waals surface area contributed by atoms with E-state index >= 15 is 0 Å². The van der Waals surface area contributed by atoms with Gasteiger partial charge in [0, 0.05) is 12.4 Å². The highest BCUT2D eigenvalue weighted by molar-refractivity contribution is 7.92. The van der Waals surface area contributed by atoms with Crippen molar-refractivity contribution in [1.82, 2.24) is 4.98 Å². The van der Waals surface area contributed by atoms with Gasteiger partial charge in [0.2, 0.25) is 5.09 Å². The Morgan fingerprint density at radius 3 is 2.73 bits per heavy atom. The van der Waals surface area contributed by atoms with Crippen molar-refractivity contribution in [1.29, 1.82) is 0 Å². The molecule has 0 unspecified atom stereocenters. The molecule has 0 radical (unpaired) electrons. The van der Waals surface area contributed by atoms with Crippen LogP contribution in [0.2, 0.25) is 0 Å².